The molecule has 3 aromatic rings. The number of carbonyl (C=O) groups excluding carboxylic acids is 1. The molecule has 0 aliphatic carbocycles. The van der Waals surface area contributed by atoms with Gasteiger partial charge < -0.3 is 14.8 Å². The highest BCUT2D eigenvalue weighted by atomic mass is 32.2. The van der Waals surface area contributed by atoms with Crippen molar-refractivity contribution in [1.29, 1.82) is 0 Å². The molecule has 140 valence electrons. The molecule has 1 N–H and O–H groups in total. The first-order chi connectivity index (χ1) is 13.2. The van der Waals surface area contributed by atoms with Gasteiger partial charge in [0.15, 0.2) is 6.29 Å². The van der Waals surface area contributed by atoms with Gasteiger partial charge in [-0.05, 0) is 36.4 Å². The van der Waals surface area contributed by atoms with Crippen LogP contribution in [0.25, 0.3) is 10.6 Å². The Morgan fingerprint density at radius 2 is 1.89 bits per heavy atom. The maximum Gasteiger partial charge on any atom is 0.253 e. The maximum atomic E-state index is 12.2. The number of amides is 1. The summed E-state index contributed by atoms with van der Waals surface area (Å²) in [4.78, 5) is 18.9. The Morgan fingerprint density at radius 1 is 1.11 bits per heavy atom. The van der Waals surface area contributed by atoms with Gasteiger partial charge in [0.2, 0.25) is 0 Å². The third-order valence-electron chi connectivity index (χ3n) is 3.78. The highest BCUT2D eigenvalue weighted by Gasteiger charge is 2.11. The van der Waals surface area contributed by atoms with Gasteiger partial charge >= 0.3 is 0 Å². The molecule has 1 amide bonds. The van der Waals surface area contributed by atoms with Crippen molar-refractivity contribution in [2.75, 3.05) is 20.8 Å². The number of methoxy groups -OCH3 is 2. The van der Waals surface area contributed by atoms with Gasteiger partial charge in [0, 0.05) is 25.3 Å². The lowest BCUT2D eigenvalue weighted by Crippen LogP contribution is -2.34. The fraction of sp³-hybridized carbons (Fsp3) is 0.200. The van der Waals surface area contributed by atoms with Gasteiger partial charge in [0.05, 0.1) is 26.9 Å². The van der Waals surface area contributed by atoms with Gasteiger partial charge in [-0.25, -0.2) is 0 Å². The largest absolute Gasteiger partial charge is 0.354 e. The number of ether oxygens (including phenoxy) is 2. The van der Waals surface area contributed by atoms with Crippen LogP contribution in [0.15, 0.2) is 69.9 Å². The van der Waals surface area contributed by atoms with Crippen molar-refractivity contribution in [3.8, 4) is 10.6 Å². The number of hydrogen-bond donors (Lipinski definition) is 1. The number of nitrogens with one attached hydrogen (secondary N) is 1. The zero-order chi connectivity index (χ0) is 19.1. The van der Waals surface area contributed by atoms with Gasteiger partial charge in [0.1, 0.15) is 0 Å². The fourth-order valence-corrected chi connectivity index (χ4v) is 4.43. The molecule has 5 nitrogen and oxygen atoms in total. The number of pyridine rings is 1. The lowest BCUT2D eigenvalue weighted by Gasteiger charge is -2.13. The summed E-state index contributed by atoms with van der Waals surface area (Å²) in [5.74, 6) is -0.209. The van der Waals surface area contributed by atoms with Crippen LogP contribution in [-0.2, 0) is 9.47 Å². The van der Waals surface area contributed by atoms with E-state index in [-0.39, 0.29) is 12.5 Å². The lowest BCUT2D eigenvalue weighted by molar-refractivity contribution is -0.0974. The Morgan fingerprint density at radius 3 is 2.56 bits per heavy atom. The number of nitrogens with zero attached hydrogens (tertiary/aromatic N) is 1. The highest BCUT2D eigenvalue weighted by Crippen LogP contribution is 2.36. The molecule has 0 aliphatic heterocycles. The average molecular weight is 401 g/mol. The number of aromatic nitrogens is 1. The first-order valence-electron chi connectivity index (χ1n) is 8.32. The molecule has 0 saturated carbocycles. The van der Waals surface area contributed by atoms with E-state index in [1.165, 1.54) is 23.3 Å². The van der Waals surface area contributed by atoms with Crippen LogP contribution < -0.4 is 5.32 Å². The summed E-state index contributed by atoms with van der Waals surface area (Å²) in [5, 5.41) is 2.76. The van der Waals surface area contributed by atoms with Crippen LogP contribution in [0.4, 0.5) is 0 Å². The monoisotopic (exact) mass is 400 g/mol. The number of hydrogen-bond acceptors (Lipinski definition) is 6. The van der Waals surface area contributed by atoms with Gasteiger partial charge in [-0.15, -0.1) is 11.3 Å². The maximum absolute atomic E-state index is 12.2. The second-order valence-corrected chi connectivity index (χ2v) is 8.03. The highest BCUT2D eigenvalue weighted by molar-refractivity contribution is 8.01. The third-order valence-corrected chi connectivity index (χ3v) is 6.02. The number of rotatable bonds is 8. The van der Waals surface area contributed by atoms with Crippen LogP contribution in [0.3, 0.4) is 0 Å². The molecule has 0 aliphatic rings. The smallest absolute Gasteiger partial charge is 0.253 e. The minimum atomic E-state index is -0.465. The molecule has 0 atom stereocenters. The van der Waals surface area contributed by atoms with Crippen molar-refractivity contribution >= 4 is 29.0 Å². The van der Waals surface area contributed by atoms with Crippen molar-refractivity contribution in [2.24, 2.45) is 0 Å². The van der Waals surface area contributed by atoms with E-state index in [9.17, 15) is 4.79 Å². The van der Waals surface area contributed by atoms with Crippen molar-refractivity contribution in [3.63, 3.8) is 0 Å². The normalized spacial score (nSPS) is 10.9. The molecule has 7 heteroatoms. The van der Waals surface area contributed by atoms with E-state index in [2.05, 4.69) is 34.6 Å². The summed E-state index contributed by atoms with van der Waals surface area (Å²) in [7, 11) is 3.06. The topological polar surface area (TPSA) is 60.5 Å². The molecule has 1 aromatic carbocycles. The van der Waals surface area contributed by atoms with Gasteiger partial charge in [-0.2, -0.15) is 0 Å². The third kappa shape index (κ3) is 5.40. The van der Waals surface area contributed by atoms with Crippen LogP contribution in [-0.4, -0.2) is 37.9 Å². The number of thiophene rings is 1. The average Bonchev–Trinajstić information content (AvgIpc) is 3.18. The molecule has 0 unspecified atom stereocenters. The van der Waals surface area contributed by atoms with Crippen molar-refractivity contribution in [3.05, 3.63) is 66.4 Å². The minimum Gasteiger partial charge on any atom is -0.354 e. The van der Waals surface area contributed by atoms with E-state index < -0.39 is 6.29 Å². The summed E-state index contributed by atoms with van der Waals surface area (Å²) in [5.41, 5.74) is 1.35. The Hall–Kier alpha value is -2.19. The molecule has 2 heterocycles. The van der Waals surface area contributed by atoms with E-state index in [4.69, 9.17) is 9.47 Å². The number of carbonyl (C=O) groups is 1. The van der Waals surface area contributed by atoms with Crippen molar-refractivity contribution in [2.45, 2.75) is 15.4 Å². The molecular formula is C20H20N2O3S2. The van der Waals surface area contributed by atoms with E-state index in [0.29, 0.717) is 5.56 Å². The molecule has 27 heavy (non-hydrogen) atoms. The van der Waals surface area contributed by atoms with Crippen molar-refractivity contribution < 1.29 is 14.3 Å². The van der Waals surface area contributed by atoms with Crippen LogP contribution in [0.2, 0.25) is 0 Å². The summed E-state index contributed by atoms with van der Waals surface area (Å²) in [6.07, 6.45) is 1.12. The predicted octanol–water partition coefficient (Wildman–Crippen LogP) is 4.31. The van der Waals surface area contributed by atoms with Crippen LogP contribution >= 0.6 is 23.1 Å². The zero-order valence-electron chi connectivity index (χ0n) is 15.0. The van der Waals surface area contributed by atoms with E-state index in [1.807, 2.05) is 24.3 Å². The second kappa shape index (κ2) is 9.66. The Balaban J connectivity index is 1.63. The standard InChI is InChI=1S/C20H20N2O3S2/c1-24-18(25-2)13-22-20(23)14-8-9-16(21-12-14)17-10-11-19(27-17)26-15-6-4-3-5-7-15/h3-12,18H,13H2,1-2H3,(H,22,23). The Labute approximate surface area is 166 Å². The molecule has 0 saturated heterocycles. The molecule has 0 bridgehead atoms. The van der Waals surface area contributed by atoms with Gasteiger partial charge in [0.25, 0.3) is 5.91 Å². The Kier molecular flexibility index (Phi) is 7.00. The molecule has 2 aromatic heterocycles. The SMILES string of the molecule is COC(CNC(=O)c1ccc(-c2ccc(Sc3ccccc3)s2)nc1)OC. The molecule has 0 radical (unpaired) electrons. The first-order valence-corrected chi connectivity index (χ1v) is 9.96. The minimum absolute atomic E-state index is 0.209. The quantitative estimate of drug-likeness (QED) is 0.571. The molecule has 0 spiro atoms. The first kappa shape index (κ1) is 19.6. The molecule has 0 fully saturated rings. The fourth-order valence-electron chi connectivity index (χ4n) is 2.33. The number of benzene rings is 1. The lowest BCUT2D eigenvalue weighted by atomic mass is 10.2. The van der Waals surface area contributed by atoms with E-state index in [0.717, 1.165) is 10.6 Å². The summed E-state index contributed by atoms with van der Waals surface area (Å²) in [6, 6.07) is 18.0. The summed E-state index contributed by atoms with van der Waals surface area (Å²) < 4.78 is 11.3. The van der Waals surface area contributed by atoms with Crippen LogP contribution in [0.1, 0.15) is 10.4 Å². The van der Waals surface area contributed by atoms with Crippen LogP contribution in [0.5, 0.6) is 0 Å². The van der Waals surface area contributed by atoms with Crippen LogP contribution in [0, 0.1) is 0 Å². The van der Waals surface area contributed by atoms with E-state index >= 15 is 0 Å². The Bertz CT molecular complexity index is 862. The summed E-state index contributed by atoms with van der Waals surface area (Å²) >= 11 is 3.41. The molecule has 3 rings (SSSR count). The van der Waals surface area contributed by atoms with Gasteiger partial charge in [-0.3, -0.25) is 9.78 Å². The van der Waals surface area contributed by atoms with Crippen molar-refractivity contribution in [1.82, 2.24) is 10.3 Å². The molecular weight excluding hydrogens is 380 g/mol. The van der Waals surface area contributed by atoms with Gasteiger partial charge in [-0.1, -0.05) is 30.0 Å². The summed E-state index contributed by atoms with van der Waals surface area (Å²) in [6.45, 7) is 0.276. The zero-order valence-corrected chi connectivity index (χ0v) is 16.7. The van der Waals surface area contributed by atoms with E-state index in [1.54, 1.807) is 35.4 Å². The second-order valence-electron chi connectivity index (χ2n) is 5.58. The predicted molar refractivity (Wildman–Crippen MR) is 108 cm³/mol.